The first kappa shape index (κ1) is 11.4. The van der Waals surface area contributed by atoms with Crippen molar-refractivity contribution in [3.8, 4) is 0 Å². The molecule has 1 fully saturated rings. The molecule has 0 N–H and O–H groups in total. The molecule has 3 unspecified atom stereocenters. The lowest BCUT2D eigenvalue weighted by Gasteiger charge is -2.31. The first-order valence-corrected chi connectivity index (χ1v) is 6.31. The van der Waals surface area contributed by atoms with E-state index < -0.39 is 0 Å². The van der Waals surface area contributed by atoms with E-state index in [4.69, 9.17) is 11.6 Å². The lowest BCUT2D eigenvalue weighted by Crippen LogP contribution is -2.24. The Morgan fingerprint density at radius 3 is 2.69 bits per heavy atom. The minimum atomic E-state index is 0.480. The zero-order valence-electron chi connectivity index (χ0n) is 9.06. The summed E-state index contributed by atoms with van der Waals surface area (Å²) in [6.07, 6.45) is 9.43. The Balaban J connectivity index is 2.21. The van der Waals surface area contributed by atoms with Crippen LogP contribution in [0.5, 0.6) is 0 Å². The van der Waals surface area contributed by atoms with E-state index in [0.29, 0.717) is 5.38 Å². The molecule has 0 aromatic carbocycles. The molecule has 0 aliphatic heterocycles. The summed E-state index contributed by atoms with van der Waals surface area (Å²) in [5.74, 6) is 1.73. The van der Waals surface area contributed by atoms with Crippen LogP contribution in [0.3, 0.4) is 0 Å². The van der Waals surface area contributed by atoms with Crippen LogP contribution in [-0.4, -0.2) is 5.38 Å². The topological polar surface area (TPSA) is 0 Å². The van der Waals surface area contributed by atoms with Gasteiger partial charge in [0.25, 0.3) is 0 Å². The van der Waals surface area contributed by atoms with Gasteiger partial charge in [0.2, 0.25) is 0 Å². The maximum atomic E-state index is 6.33. The average Bonchev–Trinajstić information content (AvgIpc) is 2.11. The van der Waals surface area contributed by atoms with Crippen LogP contribution in [0.4, 0.5) is 0 Å². The van der Waals surface area contributed by atoms with E-state index in [9.17, 15) is 0 Å². The van der Waals surface area contributed by atoms with Crippen LogP contribution in [0.1, 0.15) is 58.8 Å². The molecule has 0 spiro atoms. The van der Waals surface area contributed by atoms with Gasteiger partial charge >= 0.3 is 0 Å². The third-order valence-electron chi connectivity index (χ3n) is 3.33. The Bertz CT molecular complexity index is 133. The van der Waals surface area contributed by atoms with E-state index in [-0.39, 0.29) is 0 Å². The van der Waals surface area contributed by atoms with Crippen molar-refractivity contribution in [2.24, 2.45) is 11.8 Å². The van der Waals surface area contributed by atoms with Gasteiger partial charge in [-0.3, -0.25) is 0 Å². The van der Waals surface area contributed by atoms with Gasteiger partial charge in [-0.25, -0.2) is 0 Å². The Hall–Kier alpha value is 0.290. The third kappa shape index (κ3) is 3.89. The molecular weight excluding hydrogens is 180 g/mol. The number of hydrogen-bond donors (Lipinski definition) is 0. The van der Waals surface area contributed by atoms with Gasteiger partial charge in [0, 0.05) is 5.38 Å². The molecule has 0 saturated heterocycles. The van der Waals surface area contributed by atoms with Crippen molar-refractivity contribution in [1.82, 2.24) is 0 Å². The highest BCUT2D eigenvalue weighted by Gasteiger charge is 2.26. The molecule has 0 bridgehead atoms. The summed E-state index contributed by atoms with van der Waals surface area (Å²) in [5, 5.41) is 0.480. The van der Waals surface area contributed by atoms with Gasteiger partial charge in [0.1, 0.15) is 0 Å². The van der Waals surface area contributed by atoms with Crippen LogP contribution < -0.4 is 0 Å². The third-order valence-corrected chi connectivity index (χ3v) is 3.90. The first-order valence-electron chi connectivity index (χ1n) is 5.88. The van der Waals surface area contributed by atoms with Crippen LogP contribution in [0.2, 0.25) is 0 Å². The smallest absolute Gasteiger partial charge is 0.0364 e. The minimum Gasteiger partial charge on any atom is -0.123 e. The number of alkyl halides is 1. The number of unbranched alkanes of at least 4 members (excludes halogenated alkanes) is 2. The first-order chi connectivity index (χ1) is 6.24. The summed E-state index contributed by atoms with van der Waals surface area (Å²) < 4.78 is 0. The summed E-state index contributed by atoms with van der Waals surface area (Å²) in [5.41, 5.74) is 0. The van der Waals surface area contributed by atoms with E-state index in [2.05, 4.69) is 13.8 Å². The van der Waals surface area contributed by atoms with Crippen molar-refractivity contribution in [2.45, 2.75) is 64.2 Å². The fourth-order valence-corrected chi connectivity index (χ4v) is 2.77. The maximum Gasteiger partial charge on any atom is 0.0364 e. The highest BCUT2D eigenvalue weighted by molar-refractivity contribution is 6.20. The van der Waals surface area contributed by atoms with Gasteiger partial charge in [0.05, 0.1) is 0 Å². The van der Waals surface area contributed by atoms with E-state index in [1.165, 1.54) is 44.9 Å². The van der Waals surface area contributed by atoms with Crippen molar-refractivity contribution in [3.63, 3.8) is 0 Å². The van der Waals surface area contributed by atoms with E-state index in [0.717, 1.165) is 11.8 Å². The van der Waals surface area contributed by atoms with Gasteiger partial charge in [-0.15, -0.1) is 11.6 Å². The lowest BCUT2D eigenvalue weighted by molar-refractivity contribution is 0.270. The fourth-order valence-electron chi connectivity index (χ4n) is 2.42. The molecule has 1 saturated carbocycles. The Morgan fingerprint density at radius 1 is 1.23 bits per heavy atom. The van der Waals surface area contributed by atoms with Crippen LogP contribution in [0.15, 0.2) is 0 Å². The maximum absolute atomic E-state index is 6.33. The monoisotopic (exact) mass is 202 g/mol. The highest BCUT2D eigenvalue weighted by atomic mass is 35.5. The zero-order chi connectivity index (χ0) is 9.68. The molecule has 1 aliphatic rings. The Kier molecular flexibility index (Phi) is 5.16. The molecule has 1 aliphatic carbocycles. The summed E-state index contributed by atoms with van der Waals surface area (Å²) in [4.78, 5) is 0. The SMILES string of the molecule is CCCCCC1CC(C)CCC1Cl. The normalized spacial score (nSPS) is 34.8. The molecule has 1 heteroatoms. The van der Waals surface area contributed by atoms with E-state index in [1.54, 1.807) is 0 Å². The fraction of sp³-hybridized carbons (Fsp3) is 1.00. The molecule has 0 amide bonds. The molecule has 0 aromatic rings. The molecule has 0 nitrogen and oxygen atoms in total. The summed E-state index contributed by atoms with van der Waals surface area (Å²) in [6.45, 7) is 4.64. The van der Waals surface area contributed by atoms with Crippen LogP contribution >= 0.6 is 11.6 Å². The second kappa shape index (κ2) is 5.90. The van der Waals surface area contributed by atoms with Crippen LogP contribution in [-0.2, 0) is 0 Å². The molecule has 1 rings (SSSR count). The van der Waals surface area contributed by atoms with E-state index in [1.807, 2.05) is 0 Å². The highest BCUT2D eigenvalue weighted by Crippen LogP contribution is 2.35. The van der Waals surface area contributed by atoms with Gasteiger partial charge in [-0.1, -0.05) is 33.1 Å². The molecule has 0 aromatic heterocycles. The van der Waals surface area contributed by atoms with Crippen molar-refractivity contribution in [3.05, 3.63) is 0 Å². The van der Waals surface area contributed by atoms with Gasteiger partial charge in [-0.2, -0.15) is 0 Å². The summed E-state index contributed by atoms with van der Waals surface area (Å²) in [7, 11) is 0. The average molecular weight is 203 g/mol. The van der Waals surface area contributed by atoms with Crippen molar-refractivity contribution >= 4 is 11.6 Å². The Labute approximate surface area is 88.1 Å². The molecule has 78 valence electrons. The largest absolute Gasteiger partial charge is 0.123 e. The predicted octanol–water partition coefficient (Wildman–Crippen LogP) is 4.61. The van der Waals surface area contributed by atoms with Gasteiger partial charge in [-0.05, 0) is 37.5 Å². The van der Waals surface area contributed by atoms with Crippen LogP contribution in [0.25, 0.3) is 0 Å². The molecule has 3 atom stereocenters. The number of hydrogen-bond acceptors (Lipinski definition) is 0. The molecule has 0 radical (unpaired) electrons. The second-order valence-corrected chi connectivity index (χ2v) is 5.25. The van der Waals surface area contributed by atoms with Gasteiger partial charge in [0.15, 0.2) is 0 Å². The number of halogens is 1. The van der Waals surface area contributed by atoms with Crippen LogP contribution in [0, 0.1) is 11.8 Å². The summed E-state index contributed by atoms with van der Waals surface area (Å²) in [6, 6.07) is 0. The minimum absolute atomic E-state index is 0.480. The van der Waals surface area contributed by atoms with Gasteiger partial charge < -0.3 is 0 Å². The molecule has 0 heterocycles. The quantitative estimate of drug-likeness (QED) is 0.462. The molecular formula is C12H23Cl. The van der Waals surface area contributed by atoms with E-state index >= 15 is 0 Å². The number of rotatable bonds is 4. The predicted molar refractivity (Wildman–Crippen MR) is 60.3 cm³/mol. The lowest BCUT2D eigenvalue weighted by atomic mass is 9.79. The zero-order valence-corrected chi connectivity index (χ0v) is 9.82. The van der Waals surface area contributed by atoms with Crippen molar-refractivity contribution in [1.29, 1.82) is 0 Å². The standard InChI is InChI=1S/C12H23Cl/c1-3-4-5-6-11-9-10(2)7-8-12(11)13/h10-12H,3-9H2,1-2H3. The second-order valence-electron chi connectivity index (χ2n) is 4.69. The summed E-state index contributed by atoms with van der Waals surface area (Å²) >= 11 is 6.33. The Morgan fingerprint density at radius 2 is 2.00 bits per heavy atom. The molecule has 13 heavy (non-hydrogen) atoms. The van der Waals surface area contributed by atoms with Crippen molar-refractivity contribution in [2.75, 3.05) is 0 Å². The van der Waals surface area contributed by atoms with Crippen molar-refractivity contribution < 1.29 is 0 Å².